The van der Waals surface area contributed by atoms with E-state index in [1.807, 2.05) is 19.1 Å². The molecule has 3 N–H and O–H groups in total. The first-order valence-corrected chi connectivity index (χ1v) is 4.72. The molecule has 4 nitrogen and oxygen atoms in total. The summed E-state index contributed by atoms with van der Waals surface area (Å²) >= 11 is 0. The Morgan fingerprint density at radius 3 is 2.80 bits per heavy atom. The minimum absolute atomic E-state index is 0. The maximum Gasteiger partial charge on any atom is 0.194 e. The Bertz CT molecular complexity index is 308. The molecule has 5 heteroatoms. The predicted molar refractivity (Wildman–Crippen MR) is 66.6 cm³/mol. The van der Waals surface area contributed by atoms with Crippen LogP contribution in [0.1, 0.15) is 18.9 Å². The van der Waals surface area contributed by atoms with E-state index in [1.54, 1.807) is 6.20 Å². The van der Waals surface area contributed by atoms with E-state index in [1.165, 1.54) is 0 Å². The van der Waals surface area contributed by atoms with E-state index in [0.717, 1.165) is 24.3 Å². The van der Waals surface area contributed by atoms with Crippen molar-refractivity contribution in [3.05, 3.63) is 23.9 Å². The summed E-state index contributed by atoms with van der Waals surface area (Å²) in [6.07, 6.45) is 2.78. The molecule has 0 aliphatic rings. The van der Waals surface area contributed by atoms with Crippen LogP contribution in [0.2, 0.25) is 0 Å². The molecule has 0 unspecified atom stereocenters. The SMILES string of the molecule is CCCN=C(N)Nc1ccc(C)cn1.Cl. The maximum absolute atomic E-state index is 5.63. The highest BCUT2D eigenvalue weighted by atomic mass is 35.5. The quantitative estimate of drug-likeness (QED) is 0.614. The Hall–Kier alpha value is -1.29. The number of aryl methyl sites for hydroxylation is 1. The van der Waals surface area contributed by atoms with Gasteiger partial charge in [0.2, 0.25) is 0 Å². The van der Waals surface area contributed by atoms with Crippen molar-refractivity contribution in [3.8, 4) is 0 Å². The second-order valence-corrected chi connectivity index (χ2v) is 3.11. The van der Waals surface area contributed by atoms with E-state index in [4.69, 9.17) is 5.73 Å². The molecule has 0 atom stereocenters. The van der Waals surface area contributed by atoms with Crippen LogP contribution in [0.5, 0.6) is 0 Å². The van der Waals surface area contributed by atoms with Crippen LogP contribution in [-0.2, 0) is 0 Å². The number of nitrogens with two attached hydrogens (primary N) is 1. The van der Waals surface area contributed by atoms with Crippen LogP contribution in [0.25, 0.3) is 0 Å². The molecule has 1 aromatic rings. The molecular formula is C10H17ClN4. The van der Waals surface area contributed by atoms with E-state index in [0.29, 0.717) is 5.96 Å². The van der Waals surface area contributed by atoms with Crippen LogP contribution in [0, 0.1) is 6.92 Å². The summed E-state index contributed by atoms with van der Waals surface area (Å²) < 4.78 is 0. The number of aliphatic imine (C=N–C) groups is 1. The number of nitrogens with one attached hydrogen (secondary N) is 1. The van der Waals surface area contributed by atoms with Crippen LogP contribution in [0.15, 0.2) is 23.3 Å². The summed E-state index contributed by atoms with van der Waals surface area (Å²) in [4.78, 5) is 8.26. The lowest BCUT2D eigenvalue weighted by Gasteiger charge is -2.04. The lowest BCUT2D eigenvalue weighted by molar-refractivity contribution is 0.929. The largest absolute Gasteiger partial charge is 0.370 e. The van der Waals surface area contributed by atoms with E-state index in [2.05, 4.69) is 22.2 Å². The van der Waals surface area contributed by atoms with Crippen molar-refractivity contribution < 1.29 is 0 Å². The van der Waals surface area contributed by atoms with E-state index < -0.39 is 0 Å². The second kappa shape index (κ2) is 7.06. The maximum atomic E-state index is 5.63. The molecule has 0 aliphatic carbocycles. The minimum Gasteiger partial charge on any atom is -0.370 e. The molecule has 1 aromatic heterocycles. The summed E-state index contributed by atoms with van der Waals surface area (Å²) in [6, 6.07) is 3.85. The molecule has 0 aliphatic heterocycles. The van der Waals surface area contributed by atoms with Gasteiger partial charge in [0.1, 0.15) is 5.82 Å². The van der Waals surface area contributed by atoms with Crippen LogP contribution in [0.3, 0.4) is 0 Å². The zero-order valence-corrected chi connectivity index (χ0v) is 9.84. The van der Waals surface area contributed by atoms with Crippen LogP contribution >= 0.6 is 12.4 Å². The van der Waals surface area contributed by atoms with Crippen molar-refractivity contribution in [2.24, 2.45) is 10.7 Å². The highest BCUT2D eigenvalue weighted by Gasteiger charge is 1.94. The third kappa shape index (κ3) is 5.22. The molecule has 0 radical (unpaired) electrons. The Morgan fingerprint density at radius 2 is 2.27 bits per heavy atom. The Morgan fingerprint density at radius 1 is 1.53 bits per heavy atom. The first-order valence-electron chi connectivity index (χ1n) is 4.72. The Labute approximate surface area is 96.4 Å². The van der Waals surface area contributed by atoms with Crippen molar-refractivity contribution in [2.45, 2.75) is 20.3 Å². The summed E-state index contributed by atoms with van der Waals surface area (Å²) in [5.41, 5.74) is 6.75. The fraction of sp³-hybridized carbons (Fsp3) is 0.400. The molecule has 0 spiro atoms. The van der Waals surface area contributed by atoms with E-state index in [-0.39, 0.29) is 12.4 Å². The third-order valence-corrected chi connectivity index (χ3v) is 1.67. The zero-order chi connectivity index (χ0) is 10.4. The van der Waals surface area contributed by atoms with Gasteiger partial charge in [0, 0.05) is 12.7 Å². The topological polar surface area (TPSA) is 63.3 Å². The lowest BCUT2D eigenvalue weighted by atomic mass is 10.3. The minimum atomic E-state index is 0. The fourth-order valence-corrected chi connectivity index (χ4v) is 0.945. The van der Waals surface area contributed by atoms with Crippen molar-refractivity contribution in [2.75, 3.05) is 11.9 Å². The number of hydrogen-bond donors (Lipinski definition) is 2. The molecule has 0 aromatic carbocycles. The second-order valence-electron chi connectivity index (χ2n) is 3.11. The average molecular weight is 229 g/mol. The van der Waals surface area contributed by atoms with Gasteiger partial charge in [0.15, 0.2) is 5.96 Å². The number of halogens is 1. The average Bonchev–Trinajstić information content (AvgIpc) is 2.18. The van der Waals surface area contributed by atoms with Crippen LogP contribution < -0.4 is 11.1 Å². The fourth-order valence-electron chi connectivity index (χ4n) is 0.945. The first-order chi connectivity index (χ1) is 6.72. The van der Waals surface area contributed by atoms with Crippen LogP contribution in [-0.4, -0.2) is 17.5 Å². The van der Waals surface area contributed by atoms with Crippen molar-refractivity contribution in [3.63, 3.8) is 0 Å². The number of hydrogen-bond acceptors (Lipinski definition) is 2. The van der Waals surface area contributed by atoms with Gasteiger partial charge in [-0.25, -0.2) is 4.98 Å². The standard InChI is InChI=1S/C10H16N4.ClH/c1-3-6-12-10(11)14-9-5-4-8(2)7-13-9;/h4-5,7H,3,6H2,1-2H3,(H3,11,12,13,14);1H. The zero-order valence-electron chi connectivity index (χ0n) is 9.03. The molecule has 1 heterocycles. The molecule has 0 saturated carbocycles. The number of guanidine groups is 1. The summed E-state index contributed by atoms with van der Waals surface area (Å²) in [7, 11) is 0. The van der Waals surface area contributed by atoms with Gasteiger partial charge in [0.25, 0.3) is 0 Å². The van der Waals surface area contributed by atoms with Gasteiger partial charge >= 0.3 is 0 Å². The lowest BCUT2D eigenvalue weighted by Crippen LogP contribution is -2.23. The van der Waals surface area contributed by atoms with Gasteiger partial charge in [0.05, 0.1) is 0 Å². The number of anilines is 1. The number of rotatable bonds is 3. The normalized spacial score (nSPS) is 10.7. The third-order valence-electron chi connectivity index (χ3n) is 1.67. The van der Waals surface area contributed by atoms with Gasteiger partial charge in [-0.05, 0) is 25.0 Å². The molecule has 0 amide bonds. The Balaban J connectivity index is 0.00000196. The van der Waals surface area contributed by atoms with Gasteiger partial charge in [-0.2, -0.15) is 0 Å². The number of aromatic nitrogens is 1. The predicted octanol–water partition coefficient (Wildman–Crippen LogP) is 1.95. The van der Waals surface area contributed by atoms with Crippen molar-refractivity contribution in [1.82, 2.24) is 4.98 Å². The van der Waals surface area contributed by atoms with E-state index >= 15 is 0 Å². The van der Waals surface area contributed by atoms with E-state index in [9.17, 15) is 0 Å². The van der Waals surface area contributed by atoms with Gasteiger partial charge in [-0.15, -0.1) is 12.4 Å². The van der Waals surface area contributed by atoms with Gasteiger partial charge in [-0.1, -0.05) is 13.0 Å². The summed E-state index contributed by atoms with van der Waals surface area (Å²) in [5, 5.41) is 2.92. The molecule has 0 bridgehead atoms. The first kappa shape index (κ1) is 13.7. The van der Waals surface area contributed by atoms with Crippen LogP contribution in [0.4, 0.5) is 5.82 Å². The summed E-state index contributed by atoms with van der Waals surface area (Å²) in [5.74, 6) is 1.15. The number of nitrogens with zero attached hydrogens (tertiary/aromatic N) is 2. The highest BCUT2D eigenvalue weighted by Crippen LogP contribution is 2.02. The van der Waals surface area contributed by atoms with Crippen molar-refractivity contribution in [1.29, 1.82) is 0 Å². The monoisotopic (exact) mass is 228 g/mol. The molecule has 15 heavy (non-hydrogen) atoms. The highest BCUT2D eigenvalue weighted by molar-refractivity contribution is 5.91. The van der Waals surface area contributed by atoms with Gasteiger partial charge in [-0.3, -0.25) is 4.99 Å². The van der Waals surface area contributed by atoms with Gasteiger partial charge < -0.3 is 11.1 Å². The number of pyridine rings is 1. The molecule has 0 fully saturated rings. The molecule has 1 rings (SSSR count). The smallest absolute Gasteiger partial charge is 0.194 e. The van der Waals surface area contributed by atoms with Crippen molar-refractivity contribution >= 4 is 24.2 Å². The Kier molecular flexibility index (Phi) is 6.45. The summed E-state index contributed by atoms with van der Waals surface area (Å²) in [6.45, 7) is 4.79. The molecule has 84 valence electrons. The molecular weight excluding hydrogens is 212 g/mol. The molecule has 0 saturated heterocycles.